The predicted octanol–water partition coefficient (Wildman–Crippen LogP) is 1.69. The van der Waals surface area contributed by atoms with Crippen LogP contribution in [0.1, 0.15) is 11.3 Å². The molecule has 2 rings (SSSR count). The molecule has 9 heteroatoms. The lowest BCUT2D eigenvalue weighted by molar-refractivity contribution is 0.580. The maximum Gasteiger partial charge on any atom is 0.240 e. The second kappa shape index (κ2) is 11.9. The molecule has 27 heavy (non-hydrogen) atoms. The predicted molar refractivity (Wildman–Crippen MR) is 119 cm³/mol. The third kappa shape index (κ3) is 8.22. The Morgan fingerprint density at radius 1 is 1.04 bits per heavy atom. The van der Waals surface area contributed by atoms with Crippen molar-refractivity contribution in [1.82, 2.24) is 20.3 Å². The van der Waals surface area contributed by atoms with Gasteiger partial charge in [0.1, 0.15) is 0 Å². The molecule has 0 aliphatic heterocycles. The van der Waals surface area contributed by atoms with Crippen LogP contribution in [-0.4, -0.2) is 46.0 Å². The van der Waals surface area contributed by atoms with Crippen LogP contribution in [0, 0.1) is 6.92 Å². The number of benzene rings is 1. The maximum atomic E-state index is 12.2. The highest BCUT2D eigenvalue weighted by atomic mass is 127. The second-order valence-corrected chi connectivity index (χ2v) is 7.47. The highest BCUT2D eigenvalue weighted by molar-refractivity contribution is 14.0. The number of nitrogens with one attached hydrogen (secondary N) is 3. The average Bonchev–Trinajstić information content (AvgIpc) is 2.65. The molecular formula is C18H26IN5O2S. The topological polar surface area (TPSA) is 95.5 Å². The smallest absolute Gasteiger partial charge is 0.240 e. The lowest BCUT2D eigenvalue weighted by atomic mass is 10.2. The van der Waals surface area contributed by atoms with Gasteiger partial charge in [-0.15, -0.1) is 24.0 Å². The van der Waals surface area contributed by atoms with Crippen molar-refractivity contribution in [2.75, 3.05) is 26.7 Å². The fourth-order valence-electron chi connectivity index (χ4n) is 2.24. The summed E-state index contributed by atoms with van der Waals surface area (Å²) in [5.41, 5.74) is 2.02. The number of hydrogen-bond donors (Lipinski definition) is 3. The SMILES string of the molecule is CN=C(NCCNS(=O)(=O)c1ccc(C)cc1)NCCc1ccccn1.I. The van der Waals surface area contributed by atoms with Crippen molar-refractivity contribution in [3.05, 3.63) is 59.9 Å². The number of nitrogens with zero attached hydrogens (tertiary/aromatic N) is 2. The molecule has 3 N–H and O–H groups in total. The summed E-state index contributed by atoms with van der Waals surface area (Å²) in [6.07, 6.45) is 2.55. The fraction of sp³-hybridized carbons (Fsp3) is 0.333. The zero-order chi connectivity index (χ0) is 18.8. The molecule has 0 spiro atoms. The van der Waals surface area contributed by atoms with E-state index < -0.39 is 10.0 Å². The summed E-state index contributed by atoms with van der Waals surface area (Å²) in [7, 11) is -1.82. The molecule has 0 radical (unpaired) electrons. The molecule has 0 aliphatic rings. The Hall–Kier alpha value is -1.72. The first kappa shape index (κ1) is 23.3. The van der Waals surface area contributed by atoms with Crippen molar-refractivity contribution in [3.8, 4) is 0 Å². The van der Waals surface area contributed by atoms with Gasteiger partial charge in [-0.25, -0.2) is 13.1 Å². The zero-order valence-corrected chi connectivity index (χ0v) is 18.6. The lowest BCUT2D eigenvalue weighted by Gasteiger charge is -2.12. The summed E-state index contributed by atoms with van der Waals surface area (Å²) < 4.78 is 27.0. The van der Waals surface area contributed by atoms with Crippen LogP contribution in [0.3, 0.4) is 0 Å². The molecule has 1 aromatic carbocycles. The van der Waals surface area contributed by atoms with Crippen molar-refractivity contribution in [1.29, 1.82) is 0 Å². The highest BCUT2D eigenvalue weighted by Gasteiger charge is 2.12. The first-order valence-electron chi connectivity index (χ1n) is 8.42. The van der Waals surface area contributed by atoms with Crippen molar-refractivity contribution in [2.24, 2.45) is 4.99 Å². The van der Waals surface area contributed by atoms with Crippen LogP contribution in [0.25, 0.3) is 0 Å². The minimum absolute atomic E-state index is 0. The Kier molecular flexibility index (Phi) is 10.3. The van der Waals surface area contributed by atoms with Gasteiger partial charge in [0.15, 0.2) is 5.96 Å². The summed E-state index contributed by atoms with van der Waals surface area (Å²) in [5.74, 6) is 0.621. The standard InChI is InChI=1S/C18H25N5O2S.HI/c1-15-6-8-17(9-7-15)26(24,25)23-14-13-22-18(19-2)21-12-10-16-5-3-4-11-20-16;/h3-9,11,23H,10,12-14H2,1-2H3,(H2,19,21,22);1H. The average molecular weight is 503 g/mol. The Bertz CT molecular complexity index is 811. The molecule has 2 aromatic rings. The molecular weight excluding hydrogens is 477 g/mol. The van der Waals surface area contributed by atoms with E-state index in [1.165, 1.54) is 0 Å². The highest BCUT2D eigenvalue weighted by Crippen LogP contribution is 2.09. The first-order valence-corrected chi connectivity index (χ1v) is 9.90. The van der Waals surface area contributed by atoms with Crippen LogP contribution in [-0.2, 0) is 16.4 Å². The molecule has 1 heterocycles. The molecule has 1 aromatic heterocycles. The molecule has 0 atom stereocenters. The molecule has 0 amide bonds. The number of sulfonamides is 1. The Balaban J connectivity index is 0.00000364. The quantitative estimate of drug-likeness (QED) is 0.221. The van der Waals surface area contributed by atoms with Crippen molar-refractivity contribution >= 4 is 40.0 Å². The van der Waals surface area contributed by atoms with E-state index in [0.717, 1.165) is 17.7 Å². The van der Waals surface area contributed by atoms with E-state index in [4.69, 9.17) is 0 Å². The fourth-order valence-corrected chi connectivity index (χ4v) is 3.27. The number of hydrogen-bond acceptors (Lipinski definition) is 4. The third-order valence-electron chi connectivity index (χ3n) is 3.66. The summed E-state index contributed by atoms with van der Waals surface area (Å²) in [5, 5.41) is 6.26. The van der Waals surface area contributed by atoms with Crippen LogP contribution in [0.2, 0.25) is 0 Å². The van der Waals surface area contributed by atoms with E-state index in [9.17, 15) is 8.42 Å². The molecule has 7 nitrogen and oxygen atoms in total. The number of aliphatic imine (C=N–C) groups is 1. The van der Waals surface area contributed by atoms with Gasteiger partial charge < -0.3 is 10.6 Å². The zero-order valence-electron chi connectivity index (χ0n) is 15.5. The Labute approximate surface area is 178 Å². The second-order valence-electron chi connectivity index (χ2n) is 5.71. The normalized spacial score (nSPS) is 11.6. The van der Waals surface area contributed by atoms with Crippen molar-refractivity contribution in [3.63, 3.8) is 0 Å². The summed E-state index contributed by atoms with van der Waals surface area (Å²) in [4.78, 5) is 8.64. The first-order chi connectivity index (χ1) is 12.5. The number of halogens is 1. The van der Waals surface area contributed by atoms with Crippen LogP contribution in [0.15, 0.2) is 58.5 Å². The van der Waals surface area contributed by atoms with Gasteiger partial charge in [-0.1, -0.05) is 23.8 Å². The van der Waals surface area contributed by atoms with E-state index in [2.05, 4.69) is 25.3 Å². The van der Waals surface area contributed by atoms with Gasteiger partial charge >= 0.3 is 0 Å². The molecule has 0 saturated carbocycles. The van der Waals surface area contributed by atoms with Crippen molar-refractivity contribution in [2.45, 2.75) is 18.2 Å². The van der Waals surface area contributed by atoms with Gasteiger partial charge in [-0.3, -0.25) is 9.98 Å². The number of aryl methyl sites for hydroxylation is 1. The largest absolute Gasteiger partial charge is 0.356 e. The summed E-state index contributed by atoms with van der Waals surface area (Å²) >= 11 is 0. The third-order valence-corrected chi connectivity index (χ3v) is 5.14. The van der Waals surface area contributed by atoms with E-state index in [1.54, 1.807) is 37.5 Å². The number of aromatic nitrogens is 1. The summed E-state index contributed by atoms with van der Waals surface area (Å²) in [6.45, 7) is 3.29. The van der Waals surface area contributed by atoms with E-state index >= 15 is 0 Å². The molecule has 0 saturated heterocycles. The number of pyridine rings is 1. The molecule has 0 fully saturated rings. The van der Waals surface area contributed by atoms with Crippen LogP contribution in [0.5, 0.6) is 0 Å². The number of guanidine groups is 1. The monoisotopic (exact) mass is 503 g/mol. The molecule has 0 unspecified atom stereocenters. The Morgan fingerprint density at radius 3 is 2.37 bits per heavy atom. The Morgan fingerprint density at radius 2 is 1.74 bits per heavy atom. The molecule has 0 bridgehead atoms. The molecule has 0 aliphatic carbocycles. The lowest BCUT2D eigenvalue weighted by Crippen LogP contribution is -2.42. The van der Waals surface area contributed by atoms with Gasteiger partial charge in [0.25, 0.3) is 0 Å². The molecule has 148 valence electrons. The van der Waals surface area contributed by atoms with Gasteiger partial charge in [-0.05, 0) is 31.2 Å². The van der Waals surface area contributed by atoms with Gasteiger partial charge in [-0.2, -0.15) is 0 Å². The summed E-state index contributed by atoms with van der Waals surface area (Å²) in [6, 6.07) is 12.6. The van der Waals surface area contributed by atoms with Crippen LogP contribution >= 0.6 is 24.0 Å². The van der Waals surface area contributed by atoms with Crippen LogP contribution in [0.4, 0.5) is 0 Å². The van der Waals surface area contributed by atoms with Crippen molar-refractivity contribution < 1.29 is 8.42 Å². The van der Waals surface area contributed by atoms with Gasteiger partial charge in [0.2, 0.25) is 10.0 Å². The minimum atomic E-state index is -3.49. The van der Waals surface area contributed by atoms with Gasteiger partial charge in [0.05, 0.1) is 4.90 Å². The maximum absolute atomic E-state index is 12.2. The van der Waals surface area contributed by atoms with Gasteiger partial charge in [0, 0.05) is 45.0 Å². The van der Waals surface area contributed by atoms with E-state index in [-0.39, 0.29) is 35.4 Å². The van der Waals surface area contributed by atoms with E-state index in [1.807, 2.05) is 25.1 Å². The van der Waals surface area contributed by atoms with Crippen LogP contribution < -0.4 is 15.4 Å². The minimum Gasteiger partial charge on any atom is -0.356 e. The van der Waals surface area contributed by atoms with E-state index in [0.29, 0.717) is 19.0 Å². The number of rotatable bonds is 8.